The van der Waals surface area contributed by atoms with Crippen LogP contribution in [0.5, 0.6) is 0 Å². The topological polar surface area (TPSA) is 222 Å². The molecule has 0 radical (unpaired) electrons. The molecule has 154 valence electrons. The van der Waals surface area contributed by atoms with E-state index in [9.17, 15) is 24.0 Å². The van der Waals surface area contributed by atoms with Gasteiger partial charge >= 0.3 is 5.97 Å². The van der Waals surface area contributed by atoms with Crippen LogP contribution in [0, 0.1) is 0 Å². The van der Waals surface area contributed by atoms with Crippen LogP contribution in [0.2, 0.25) is 0 Å². The molecule has 3 atom stereocenters. The Morgan fingerprint density at radius 1 is 1.14 bits per heavy atom. The van der Waals surface area contributed by atoms with E-state index in [1.165, 1.54) is 19.4 Å². The average molecular weight is 397 g/mol. The quantitative estimate of drug-likeness (QED) is 0.197. The summed E-state index contributed by atoms with van der Waals surface area (Å²) in [5.74, 6) is -4.47. The van der Waals surface area contributed by atoms with Gasteiger partial charge in [0.25, 0.3) is 0 Å². The predicted octanol–water partition coefficient (Wildman–Crippen LogP) is -3.65. The summed E-state index contributed by atoms with van der Waals surface area (Å²) in [6, 6.07) is -3.73. The van der Waals surface area contributed by atoms with Gasteiger partial charge in [0.15, 0.2) is 0 Å². The molecule has 1 heterocycles. The molecule has 0 spiro atoms. The Bertz CT molecular complexity index is 720. The Morgan fingerprint density at radius 2 is 1.82 bits per heavy atom. The smallest absolute Gasteiger partial charge is 0.326 e. The maximum absolute atomic E-state index is 12.5. The summed E-state index contributed by atoms with van der Waals surface area (Å²) in [7, 11) is 0. The first-order valence-corrected chi connectivity index (χ1v) is 8.22. The molecule has 13 nitrogen and oxygen atoms in total. The molecule has 13 heteroatoms. The van der Waals surface area contributed by atoms with E-state index in [1.807, 2.05) is 0 Å². The van der Waals surface area contributed by atoms with Crippen molar-refractivity contribution in [3.63, 3.8) is 0 Å². The number of carboxylic acid groups (broad SMARTS) is 1. The summed E-state index contributed by atoms with van der Waals surface area (Å²) < 4.78 is 0. The van der Waals surface area contributed by atoms with Crippen LogP contribution in [-0.4, -0.2) is 69.3 Å². The van der Waals surface area contributed by atoms with Crippen molar-refractivity contribution in [1.82, 2.24) is 25.9 Å². The van der Waals surface area contributed by atoms with Crippen molar-refractivity contribution in [2.75, 3.05) is 6.54 Å². The van der Waals surface area contributed by atoms with E-state index >= 15 is 0 Å². The third-order valence-electron chi connectivity index (χ3n) is 3.59. The molecule has 1 rings (SSSR count). The summed E-state index contributed by atoms with van der Waals surface area (Å²) in [4.78, 5) is 64.7. The minimum Gasteiger partial charge on any atom is -0.480 e. The molecule has 0 aliphatic rings. The van der Waals surface area contributed by atoms with Gasteiger partial charge in [0.1, 0.15) is 18.1 Å². The van der Waals surface area contributed by atoms with Crippen molar-refractivity contribution >= 4 is 29.6 Å². The fourth-order valence-corrected chi connectivity index (χ4v) is 2.16. The highest BCUT2D eigenvalue weighted by atomic mass is 16.4. The number of primary amides is 1. The highest BCUT2D eigenvalue weighted by Gasteiger charge is 2.28. The van der Waals surface area contributed by atoms with Gasteiger partial charge in [0, 0.05) is 18.3 Å². The molecule has 0 saturated carbocycles. The first-order valence-electron chi connectivity index (χ1n) is 8.22. The molecule has 0 aliphatic heterocycles. The second kappa shape index (κ2) is 10.6. The average Bonchev–Trinajstić information content (AvgIpc) is 3.12. The van der Waals surface area contributed by atoms with Crippen molar-refractivity contribution in [1.29, 1.82) is 0 Å². The number of imidazole rings is 1. The monoisotopic (exact) mass is 397 g/mol. The standard InChI is InChI=1S/C15H23N7O6/c1-7(13(25)22-10(15(27)28)3-11(17)23)20-14(26)9(21-12(24)4-16)2-8-5-18-6-19-8/h5-7,9-10H,2-4,16H2,1H3,(H2,17,23)(H,18,19)(H,20,26)(H,21,24)(H,22,25)(H,27,28). The van der Waals surface area contributed by atoms with Gasteiger partial charge in [0.2, 0.25) is 23.6 Å². The number of nitrogens with one attached hydrogen (secondary N) is 4. The van der Waals surface area contributed by atoms with Gasteiger partial charge in [-0.05, 0) is 6.92 Å². The van der Waals surface area contributed by atoms with E-state index in [-0.39, 0.29) is 13.0 Å². The number of nitrogens with two attached hydrogens (primary N) is 2. The SMILES string of the molecule is CC(NC(=O)C(Cc1cnc[nH]1)NC(=O)CN)C(=O)NC(CC(N)=O)C(=O)O. The molecule has 28 heavy (non-hydrogen) atoms. The summed E-state index contributed by atoms with van der Waals surface area (Å²) in [6.45, 7) is 0.977. The lowest BCUT2D eigenvalue weighted by Gasteiger charge is -2.22. The van der Waals surface area contributed by atoms with Crippen LogP contribution in [0.15, 0.2) is 12.5 Å². The number of H-pyrrole nitrogens is 1. The molecule has 1 aromatic heterocycles. The van der Waals surface area contributed by atoms with Crippen LogP contribution in [0.3, 0.4) is 0 Å². The van der Waals surface area contributed by atoms with Crippen LogP contribution in [0.1, 0.15) is 19.0 Å². The predicted molar refractivity (Wildman–Crippen MR) is 94.3 cm³/mol. The van der Waals surface area contributed by atoms with Crippen LogP contribution < -0.4 is 27.4 Å². The first-order chi connectivity index (χ1) is 13.1. The minimum atomic E-state index is -1.53. The lowest BCUT2D eigenvalue weighted by atomic mass is 10.1. The maximum atomic E-state index is 12.5. The van der Waals surface area contributed by atoms with Gasteiger partial charge in [-0.3, -0.25) is 19.2 Å². The van der Waals surface area contributed by atoms with E-state index in [1.54, 1.807) is 0 Å². The molecule has 0 saturated heterocycles. The third-order valence-corrected chi connectivity index (χ3v) is 3.59. The van der Waals surface area contributed by atoms with Gasteiger partial charge in [0.05, 0.1) is 19.3 Å². The number of nitrogens with zero attached hydrogens (tertiary/aromatic N) is 1. The second-order valence-electron chi connectivity index (χ2n) is 5.91. The Balaban J connectivity index is 2.75. The summed E-state index contributed by atoms with van der Waals surface area (Å²) >= 11 is 0. The Hall–Kier alpha value is -3.48. The van der Waals surface area contributed by atoms with Crippen molar-refractivity contribution in [3.8, 4) is 0 Å². The van der Waals surface area contributed by atoms with Crippen molar-refractivity contribution in [3.05, 3.63) is 18.2 Å². The van der Waals surface area contributed by atoms with Gasteiger partial charge in [-0.25, -0.2) is 9.78 Å². The normalized spacial score (nSPS) is 13.6. The van der Waals surface area contributed by atoms with Gasteiger partial charge < -0.3 is 37.5 Å². The summed E-state index contributed by atoms with van der Waals surface area (Å²) in [6.07, 6.45) is 2.32. The molecule has 0 aliphatic carbocycles. The zero-order chi connectivity index (χ0) is 21.3. The summed E-state index contributed by atoms with van der Waals surface area (Å²) in [5, 5.41) is 15.9. The van der Waals surface area contributed by atoms with E-state index in [2.05, 4.69) is 25.9 Å². The maximum Gasteiger partial charge on any atom is 0.326 e. The van der Waals surface area contributed by atoms with E-state index < -0.39 is 54.1 Å². The minimum absolute atomic E-state index is 0.0609. The van der Waals surface area contributed by atoms with Crippen LogP contribution >= 0.6 is 0 Å². The lowest BCUT2D eigenvalue weighted by Crippen LogP contribution is -2.56. The first kappa shape index (κ1) is 22.6. The van der Waals surface area contributed by atoms with Gasteiger partial charge in [-0.1, -0.05) is 0 Å². The van der Waals surface area contributed by atoms with Crippen molar-refractivity contribution in [2.45, 2.75) is 37.9 Å². The zero-order valence-electron chi connectivity index (χ0n) is 15.1. The van der Waals surface area contributed by atoms with Crippen molar-refractivity contribution < 1.29 is 29.1 Å². The number of amides is 4. The summed E-state index contributed by atoms with van der Waals surface area (Å²) in [5.41, 5.74) is 10.7. The largest absolute Gasteiger partial charge is 0.480 e. The number of carbonyl (C=O) groups is 5. The lowest BCUT2D eigenvalue weighted by molar-refractivity contribution is -0.143. The van der Waals surface area contributed by atoms with Crippen LogP contribution in [0.25, 0.3) is 0 Å². The molecule has 0 bridgehead atoms. The Morgan fingerprint density at radius 3 is 2.32 bits per heavy atom. The number of carbonyl (C=O) groups excluding carboxylic acids is 4. The molecule has 1 aromatic rings. The number of hydrogen-bond donors (Lipinski definition) is 7. The molecular weight excluding hydrogens is 374 g/mol. The van der Waals surface area contributed by atoms with E-state index in [4.69, 9.17) is 16.6 Å². The van der Waals surface area contributed by atoms with Crippen LogP contribution in [0.4, 0.5) is 0 Å². The van der Waals surface area contributed by atoms with Gasteiger partial charge in [-0.2, -0.15) is 0 Å². The molecule has 3 unspecified atom stereocenters. The van der Waals surface area contributed by atoms with Crippen LogP contribution in [-0.2, 0) is 30.4 Å². The molecule has 4 amide bonds. The Kier molecular flexibility index (Phi) is 8.55. The van der Waals surface area contributed by atoms with Crippen molar-refractivity contribution in [2.24, 2.45) is 11.5 Å². The number of aromatic amines is 1. The third kappa shape index (κ3) is 7.41. The number of aliphatic carboxylic acids is 1. The van der Waals surface area contributed by atoms with E-state index in [0.29, 0.717) is 5.69 Å². The molecule has 0 aromatic carbocycles. The van der Waals surface area contributed by atoms with E-state index in [0.717, 1.165) is 0 Å². The highest BCUT2D eigenvalue weighted by Crippen LogP contribution is 2.00. The molecular formula is C15H23N7O6. The molecule has 0 fully saturated rings. The zero-order valence-corrected chi connectivity index (χ0v) is 15.1. The fraction of sp³-hybridized carbons (Fsp3) is 0.467. The second-order valence-corrected chi connectivity index (χ2v) is 5.91. The molecule has 9 N–H and O–H groups in total. The highest BCUT2D eigenvalue weighted by molar-refractivity contribution is 5.94. The van der Waals surface area contributed by atoms with Gasteiger partial charge in [-0.15, -0.1) is 0 Å². The number of rotatable bonds is 11. The number of hydrogen-bond acceptors (Lipinski definition) is 7. The fourth-order valence-electron chi connectivity index (χ4n) is 2.16. The Labute approximate surface area is 159 Å². The number of aromatic nitrogens is 2. The number of carboxylic acids is 1.